The number of rotatable bonds is 81. The van der Waals surface area contributed by atoms with Gasteiger partial charge in [-0.2, -0.15) is 0 Å². The second kappa shape index (κ2) is 83.6. The number of ether oxygens (including phenoxy) is 2. The zero-order chi connectivity index (χ0) is 64.6. The number of amides is 2. The summed E-state index contributed by atoms with van der Waals surface area (Å²) >= 11 is 0. The summed E-state index contributed by atoms with van der Waals surface area (Å²) in [7, 11) is 0. The molecule has 0 rings (SSSR count). The Morgan fingerprint density at radius 3 is 0.411 bits per heavy atom. The fourth-order valence-electron chi connectivity index (χ4n) is 13.8. The Morgan fingerprint density at radius 1 is 0.167 bits per heavy atom. The molecule has 6 nitrogen and oxygen atoms in total. The minimum atomic E-state index is -0.284. The number of alkyl carbamates (subject to hydrolysis) is 2. The summed E-state index contributed by atoms with van der Waals surface area (Å²) in [5.41, 5.74) is 0. The molecule has 0 aliphatic carbocycles. The lowest BCUT2D eigenvalue weighted by Crippen LogP contribution is -2.26. The van der Waals surface area contributed by atoms with Crippen LogP contribution in [-0.4, -0.2) is 38.5 Å². The fraction of sp³-hybridized carbons (Fsp3) is 0.976. The molecule has 0 atom stereocenters. The van der Waals surface area contributed by atoms with E-state index in [1.54, 1.807) is 0 Å². The predicted octanol–water partition coefficient (Wildman–Crippen LogP) is 30.1. The van der Waals surface area contributed by atoms with E-state index in [2.05, 4.69) is 24.5 Å². The van der Waals surface area contributed by atoms with Gasteiger partial charge in [0, 0.05) is 13.1 Å². The van der Waals surface area contributed by atoms with Crippen LogP contribution in [0.3, 0.4) is 0 Å². The van der Waals surface area contributed by atoms with Crippen LogP contribution in [0.25, 0.3) is 0 Å². The molecule has 0 spiro atoms. The summed E-state index contributed by atoms with van der Waals surface area (Å²) in [6.07, 6.45) is 106. The maximum Gasteiger partial charge on any atom is 0.407 e. The van der Waals surface area contributed by atoms with Crippen LogP contribution < -0.4 is 10.6 Å². The molecule has 0 aliphatic heterocycles. The van der Waals surface area contributed by atoms with Crippen molar-refractivity contribution in [2.75, 3.05) is 26.3 Å². The minimum Gasteiger partial charge on any atom is -0.450 e. The highest BCUT2D eigenvalue weighted by atomic mass is 16.6. The van der Waals surface area contributed by atoms with E-state index in [4.69, 9.17) is 9.47 Å². The third kappa shape index (κ3) is 82.6. The average molecular weight is 1270 g/mol. The van der Waals surface area contributed by atoms with Gasteiger partial charge >= 0.3 is 12.2 Å². The molecule has 0 saturated carbocycles. The van der Waals surface area contributed by atoms with Crippen molar-refractivity contribution in [2.24, 2.45) is 0 Å². The van der Waals surface area contributed by atoms with Crippen molar-refractivity contribution in [1.82, 2.24) is 10.6 Å². The molecule has 0 aromatic rings. The Morgan fingerprint density at radius 2 is 0.278 bits per heavy atom. The number of carbonyl (C=O) groups excluding carboxylic acids is 2. The Labute approximate surface area is 567 Å². The van der Waals surface area contributed by atoms with Crippen molar-refractivity contribution in [3.05, 3.63) is 0 Å². The molecule has 0 bridgehead atoms. The van der Waals surface area contributed by atoms with E-state index in [0.29, 0.717) is 26.3 Å². The van der Waals surface area contributed by atoms with E-state index in [9.17, 15) is 9.59 Å². The Hall–Kier alpha value is -1.46. The highest BCUT2D eigenvalue weighted by molar-refractivity contribution is 5.67. The van der Waals surface area contributed by atoms with Gasteiger partial charge < -0.3 is 20.1 Å². The van der Waals surface area contributed by atoms with Gasteiger partial charge in [0.15, 0.2) is 0 Å². The smallest absolute Gasteiger partial charge is 0.407 e. The first-order valence-electron chi connectivity index (χ1n) is 42.5. The molecule has 0 unspecified atom stereocenters. The monoisotopic (exact) mass is 1270 g/mol. The normalized spacial score (nSPS) is 11.5. The molecule has 0 aliphatic rings. The zero-order valence-electron chi connectivity index (χ0n) is 62.2. The molecule has 0 aromatic carbocycles. The van der Waals surface area contributed by atoms with Gasteiger partial charge in [0.2, 0.25) is 0 Å². The van der Waals surface area contributed by atoms with Crippen molar-refractivity contribution in [2.45, 2.75) is 502 Å². The quantitative estimate of drug-likeness (QED) is 0.0595. The van der Waals surface area contributed by atoms with E-state index in [1.807, 2.05) is 0 Å². The number of hydrogen-bond donors (Lipinski definition) is 2. The van der Waals surface area contributed by atoms with Gasteiger partial charge in [-0.3, -0.25) is 0 Å². The van der Waals surface area contributed by atoms with Crippen molar-refractivity contribution < 1.29 is 19.1 Å². The van der Waals surface area contributed by atoms with Crippen molar-refractivity contribution >= 4 is 12.2 Å². The number of nitrogens with one attached hydrogen (secondary N) is 2. The molecule has 0 saturated heterocycles. The lowest BCUT2D eigenvalue weighted by molar-refractivity contribution is 0.142. The number of unbranched alkanes of at least 4 members (excludes halogenated alkanes) is 73. The SMILES string of the molecule is CCCCCCCCCCCCCCCCCCCCCCCCCCCCCCCCCCCCCCOC(=O)NCCCCCCNC(=O)OCCCCCCCCCCCCCCCCCCCCCCCCCCCCCCCCCCCCCC. The van der Waals surface area contributed by atoms with Gasteiger partial charge in [0.25, 0.3) is 0 Å². The highest BCUT2D eigenvalue weighted by Gasteiger charge is 2.05. The molecule has 2 amide bonds. The largest absolute Gasteiger partial charge is 0.450 e. The van der Waals surface area contributed by atoms with E-state index in [1.165, 1.54) is 437 Å². The van der Waals surface area contributed by atoms with E-state index in [0.717, 1.165) is 51.4 Å². The lowest BCUT2D eigenvalue weighted by atomic mass is 10.0. The first-order chi connectivity index (χ1) is 44.7. The summed E-state index contributed by atoms with van der Waals surface area (Å²) in [5, 5.41) is 5.80. The zero-order valence-corrected chi connectivity index (χ0v) is 62.2. The number of carbonyl (C=O) groups is 2. The first-order valence-corrected chi connectivity index (χ1v) is 42.5. The topological polar surface area (TPSA) is 76.7 Å². The van der Waals surface area contributed by atoms with Crippen molar-refractivity contribution in [1.29, 1.82) is 0 Å². The first kappa shape index (κ1) is 88.5. The van der Waals surface area contributed by atoms with Gasteiger partial charge in [-0.05, 0) is 25.7 Å². The van der Waals surface area contributed by atoms with Crippen LogP contribution in [-0.2, 0) is 9.47 Å². The van der Waals surface area contributed by atoms with Gasteiger partial charge in [-0.1, -0.05) is 476 Å². The minimum absolute atomic E-state index is 0.284. The van der Waals surface area contributed by atoms with E-state index >= 15 is 0 Å². The maximum absolute atomic E-state index is 12.1. The summed E-state index contributed by atoms with van der Waals surface area (Å²) < 4.78 is 10.8. The van der Waals surface area contributed by atoms with Crippen LogP contribution in [0.15, 0.2) is 0 Å². The van der Waals surface area contributed by atoms with Crippen molar-refractivity contribution in [3.63, 3.8) is 0 Å². The maximum atomic E-state index is 12.1. The van der Waals surface area contributed by atoms with Crippen molar-refractivity contribution in [3.8, 4) is 0 Å². The molecule has 2 N–H and O–H groups in total. The van der Waals surface area contributed by atoms with Crippen LogP contribution >= 0.6 is 0 Å². The number of hydrogen-bond acceptors (Lipinski definition) is 4. The van der Waals surface area contributed by atoms with Crippen LogP contribution in [0.1, 0.15) is 502 Å². The summed E-state index contributed by atoms with van der Waals surface area (Å²) in [6.45, 7) is 6.95. The Bertz CT molecular complexity index is 1200. The molecule has 0 radical (unpaired) electrons. The second-order valence-corrected chi connectivity index (χ2v) is 29.3. The van der Waals surface area contributed by atoms with Crippen LogP contribution in [0.5, 0.6) is 0 Å². The third-order valence-corrected chi connectivity index (χ3v) is 20.1. The van der Waals surface area contributed by atoms with Gasteiger partial charge in [0.05, 0.1) is 13.2 Å². The third-order valence-electron chi connectivity index (χ3n) is 20.1. The van der Waals surface area contributed by atoms with Crippen LogP contribution in [0, 0.1) is 0 Å². The predicted molar refractivity (Wildman–Crippen MR) is 401 cm³/mol. The molecular weight excluding hydrogens is 1100 g/mol. The second-order valence-electron chi connectivity index (χ2n) is 29.3. The molecule has 0 fully saturated rings. The standard InChI is InChI=1S/C84H168N2O4/c1-3-5-7-9-11-13-15-17-19-21-23-25-27-29-31-33-35-37-39-41-43-45-47-49-51-53-55-57-59-61-63-65-67-69-73-77-81-89-83(87)85-79-75-71-72-76-80-86-84(88)90-82-78-74-70-68-66-64-62-60-58-56-54-52-50-48-46-44-42-40-38-36-34-32-30-28-26-24-22-20-18-16-14-12-10-8-6-4-2/h3-82H2,1-2H3,(H,85,87)(H,86,88). The Balaban J connectivity index is 3.20. The molecule has 90 heavy (non-hydrogen) atoms. The Kier molecular flexibility index (Phi) is 82.3. The highest BCUT2D eigenvalue weighted by Crippen LogP contribution is 2.21. The summed E-state index contributed by atoms with van der Waals surface area (Å²) in [6, 6.07) is 0. The molecular formula is C84H168N2O4. The van der Waals surface area contributed by atoms with Crippen LogP contribution in [0.2, 0.25) is 0 Å². The summed E-state index contributed by atoms with van der Waals surface area (Å²) in [5.74, 6) is 0. The van der Waals surface area contributed by atoms with E-state index < -0.39 is 0 Å². The van der Waals surface area contributed by atoms with E-state index in [-0.39, 0.29) is 12.2 Å². The van der Waals surface area contributed by atoms with Gasteiger partial charge in [-0.25, -0.2) is 9.59 Å². The van der Waals surface area contributed by atoms with Gasteiger partial charge in [0.1, 0.15) is 0 Å². The summed E-state index contributed by atoms with van der Waals surface area (Å²) in [4.78, 5) is 24.2. The molecule has 538 valence electrons. The van der Waals surface area contributed by atoms with Crippen LogP contribution in [0.4, 0.5) is 9.59 Å². The molecule has 0 aromatic heterocycles. The average Bonchev–Trinajstić information content (AvgIpc) is 3.55. The molecule has 0 heterocycles. The lowest BCUT2D eigenvalue weighted by Gasteiger charge is -2.08. The molecule has 6 heteroatoms. The fourth-order valence-corrected chi connectivity index (χ4v) is 13.8. The van der Waals surface area contributed by atoms with Gasteiger partial charge in [-0.15, -0.1) is 0 Å².